The van der Waals surface area contributed by atoms with Crippen molar-refractivity contribution < 1.29 is 14.2 Å². The van der Waals surface area contributed by atoms with Gasteiger partial charge in [0.05, 0.1) is 11.3 Å². The van der Waals surface area contributed by atoms with Crippen LogP contribution in [0.4, 0.5) is 11.4 Å². The van der Waals surface area contributed by atoms with E-state index in [0.29, 0.717) is 29.9 Å². The van der Waals surface area contributed by atoms with Crippen molar-refractivity contribution in [3.63, 3.8) is 0 Å². The lowest BCUT2D eigenvalue weighted by molar-refractivity contribution is -0.309. The number of nitrogens with zero attached hydrogens (tertiary/aromatic N) is 3. The molecule has 1 aliphatic heterocycles. The molecule has 0 aliphatic carbocycles. The van der Waals surface area contributed by atoms with E-state index in [1.807, 2.05) is 129 Å². The number of nitrogens with one attached hydrogen (secondary N) is 2. The number of carbonyl (C=O) groups is 2. The Hall–Kier alpha value is -5.50. The van der Waals surface area contributed by atoms with Crippen LogP contribution in [0.25, 0.3) is 10.9 Å². The Labute approximate surface area is 262 Å². The van der Waals surface area contributed by atoms with Crippen LogP contribution >= 0.6 is 0 Å². The fourth-order valence-corrected chi connectivity index (χ4v) is 6.02. The van der Waals surface area contributed by atoms with Crippen molar-refractivity contribution in [2.75, 3.05) is 11.4 Å². The third-order valence-corrected chi connectivity index (χ3v) is 8.40. The van der Waals surface area contributed by atoms with Crippen LogP contribution in [0, 0.1) is 11.3 Å². The van der Waals surface area contributed by atoms with Crippen LogP contribution in [0.2, 0.25) is 0 Å². The number of nitrogens with two attached hydrogens (primary N) is 1. The molecule has 4 aromatic carbocycles. The molecule has 4 N–H and O–H groups in total. The number of anilines is 1. The van der Waals surface area contributed by atoms with E-state index in [9.17, 15) is 15.0 Å². The van der Waals surface area contributed by atoms with Gasteiger partial charge < -0.3 is 15.6 Å². The number of aromatic amines is 1. The molecule has 0 fully saturated rings. The lowest BCUT2D eigenvalue weighted by Gasteiger charge is -2.31. The predicted octanol–water partition coefficient (Wildman–Crippen LogP) is 5.84. The maximum atomic E-state index is 14.7. The number of amides is 2. The Kier molecular flexibility index (Phi) is 8.29. The van der Waals surface area contributed by atoms with Gasteiger partial charge in [0.25, 0.3) is 5.84 Å². The molecule has 1 aromatic heterocycles. The van der Waals surface area contributed by atoms with Gasteiger partial charge in [-0.2, -0.15) is 9.98 Å². The number of H-pyrrole nitrogens is 1. The fourth-order valence-electron chi connectivity index (χ4n) is 6.02. The van der Waals surface area contributed by atoms with Crippen molar-refractivity contribution in [1.82, 2.24) is 9.88 Å². The molecular formula is C37H37N6O2+. The van der Waals surface area contributed by atoms with Crippen molar-refractivity contribution in [2.45, 2.75) is 32.9 Å². The number of rotatable bonds is 8. The van der Waals surface area contributed by atoms with Gasteiger partial charge in [-0.3, -0.25) is 14.5 Å². The third-order valence-electron chi connectivity index (χ3n) is 8.40. The average Bonchev–Trinajstić information content (AvgIpc) is 3.45. The Bertz CT molecular complexity index is 1890. The second kappa shape index (κ2) is 12.6. The number of benzene rings is 4. The highest BCUT2D eigenvalue weighted by Crippen LogP contribution is 2.35. The minimum absolute atomic E-state index is 0.0866. The Morgan fingerprint density at radius 1 is 0.933 bits per heavy atom. The van der Waals surface area contributed by atoms with E-state index in [2.05, 4.69) is 4.98 Å². The molecule has 0 saturated carbocycles. The number of aromatic nitrogens is 1. The molecule has 0 radical (unpaired) electrons. The van der Waals surface area contributed by atoms with Crippen molar-refractivity contribution in [2.24, 2.45) is 11.7 Å². The van der Waals surface area contributed by atoms with Crippen molar-refractivity contribution in [3.05, 3.63) is 132 Å². The van der Waals surface area contributed by atoms with Gasteiger partial charge in [-0.25, -0.2) is 0 Å². The topological polar surface area (TPSA) is 109 Å². The highest BCUT2D eigenvalue weighted by Gasteiger charge is 2.41. The van der Waals surface area contributed by atoms with Crippen LogP contribution in [0.5, 0.6) is 0 Å². The van der Waals surface area contributed by atoms with Crippen LogP contribution in [0.3, 0.4) is 0 Å². The molecular weight excluding hydrogens is 560 g/mol. The predicted molar refractivity (Wildman–Crippen MR) is 179 cm³/mol. The Morgan fingerprint density at radius 2 is 1.58 bits per heavy atom. The van der Waals surface area contributed by atoms with E-state index in [4.69, 9.17) is 5.73 Å². The summed E-state index contributed by atoms with van der Waals surface area (Å²) < 4.78 is 1.66. The number of carbonyl (C=O) groups excluding carboxylic acids is 2. The highest BCUT2D eigenvalue weighted by atomic mass is 16.2. The maximum absolute atomic E-state index is 14.7. The summed E-state index contributed by atoms with van der Waals surface area (Å²) in [6.07, 6.45) is 2.20. The lowest BCUT2D eigenvalue weighted by atomic mass is 9.96. The van der Waals surface area contributed by atoms with Gasteiger partial charge in [-0.05, 0) is 61.7 Å². The SMILES string of the molecule is CC(C)N(Cc1ccccc1)C(=O)CN1C(=O)C(Cc2c[nH]c3ccccc23)C(N)=[N+](C(=N)c2ccccc2)c2ccccc21. The summed E-state index contributed by atoms with van der Waals surface area (Å²) in [6, 6.07) is 34.4. The van der Waals surface area contributed by atoms with E-state index in [1.54, 1.807) is 14.4 Å². The number of hydrogen-bond donors (Lipinski definition) is 3. The van der Waals surface area contributed by atoms with Crippen molar-refractivity contribution in [1.29, 1.82) is 5.41 Å². The molecule has 2 amide bonds. The number of amidine groups is 2. The van der Waals surface area contributed by atoms with Gasteiger partial charge in [0.2, 0.25) is 17.6 Å². The standard InChI is InChI=1S/C37H36N6O2/c1-25(2)41(23-26-13-5-3-6-14-26)34(44)24-42-32-19-11-12-20-33(32)43(35(38)27-15-7-4-8-16-27)36(39)30(37(42)45)21-28-22-40-31-18-10-9-17-29(28)31/h3-20,22,25,30,38-40H,21,23-24H2,1-2H3/p+1. The zero-order valence-corrected chi connectivity index (χ0v) is 25.5. The summed E-state index contributed by atoms with van der Waals surface area (Å²) in [4.78, 5) is 35.4. The van der Waals surface area contributed by atoms with Gasteiger partial charge in [-0.15, -0.1) is 0 Å². The quantitative estimate of drug-likeness (QED) is 0.119. The highest BCUT2D eigenvalue weighted by molar-refractivity contribution is 6.14. The molecule has 0 spiro atoms. The lowest BCUT2D eigenvalue weighted by Crippen LogP contribution is -2.49. The van der Waals surface area contributed by atoms with Crippen LogP contribution in [-0.4, -0.2) is 50.5 Å². The molecule has 0 saturated heterocycles. The van der Waals surface area contributed by atoms with E-state index in [0.717, 1.165) is 22.0 Å². The van der Waals surface area contributed by atoms with Gasteiger partial charge in [0, 0.05) is 29.7 Å². The molecule has 6 rings (SSSR count). The molecule has 45 heavy (non-hydrogen) atoms. The molecule has 1 aliphatic rings. The van der Waals surface area contributed by atoms with Crippen molar-refractivity contribution in [3.8, 4) is 0 Å². The first kappa shape index (κ1) is 29.6. The average molecular weight is 598 g/mol. The molecule has 8 nitrogen and oxygen atoms in total. The van der Waals surface area contributed by atoms with Crippen molar-refractivity contribution >= 4 is 45.8 Å². The van der Waals surface area contributed by atoms with Gasteiger partial charge in [-0.1, -0.05) is 78.9 Å². The molecule has 2 heterocycles. The number of hydrogen-bond acceptors (Lipinski definition) is 4. The third kappa shape index (κ3) is 5.87. The molecule has 8 heteroatoms. The van der Waals surface area contributed by atoms with E-state index < -0.39 is 5.92 Å². The van der Waals surface area contributed by atoms with Crippen LogP contribution < -0.4 is 10.6 Å². The fraction of sp³-hybridized carbons (Fsp3) is 0.189. The van der Waals surface area contributed by atoms with Crippen LogP contribution in [0.15, 0.2) is 115 Å². The molecule has 1 unspecified atom stereocenters. The Morgan fingerprint density at radius 3 is 2.31 bits per heavy atom. The normalized spacial score (nSPS) is 14.9. The minimum Gasteiger partial charge on any atom is -0.361 e. The monoisotopic (exact) mass is 597 g/mol. The van der Waals surface area contributed by atoms with Crippen LogP contribution in [0.1, 0.15) is 30.5 Å². The Balaban J connectivity index is 1.45. The van der Waals surface area contributed by atoms with E-state index in [-0.39, 0.29) is 36.1 Å². The summed E-state index contributed by atoms with van der Waals surface area (Å²) in [7, 11) is 0. The first-order valence-corrected chi connectivity index (χ1v) is 15.2. The van der Waals surface area contributed by atoms with Crippen LogP contribution in [-0.2, 0) is 22.6 Å². The first-order chi connectivity index (χ1) is 21.8. The van der Waals surface area contributed by atoms with Gasteiger partial charge >= 0.3 is 0 Å². The summed E-state index contributed by atoms with van der Waals surface area (Å²) in [5.74, 6) is -0.904. The molecule has 5 aromatic rings. The van der Waals surface area contributed by atoms with Gasteiger partial charge in [0.1, 0.15) is 18.2 Å². The van der Waals surface area contributed by atoms with E-state index in [1.165, 1.54) is 0 Å². The number of para-hydroxylation sites is 3. The van der Waals surface area contributed by atoms with Gasteiger partial charge in [0.15, 0.2) is 0 Å². The largest absolute Gasteiger partial charge is 0.361 e. The first-order valence-electron chi connectivity index (χ1n) is 15.2. The smallest absolute Gasteiger partial charge is 0.266 e. The molecule has 1 atom stereocenters. The minimum atomic E-state index is -0.838. The van der Waals surface area contributed by atoms with E-state index >= 15 is 0 Å². The summed E-state index contributed by atoms with van der Waals surface area (Å²) in [6.45, 7) is 4.23. The number of fused-ring (bicyclic) bond motifs is 2. The maximum Gasteiger partial charge on any atom is 0.266 e. The second-order valence-corrected chi connectivity index (χ2v) is 11.6. The molecule has 0 bridgehead atoms. The summed E-state index contributed by atoms with van der Waals surface area (Å²) in [5, 5.41) is 10.3. The second-order valence-electron chi connectivity index (χ2n) is 11.6. The summed E-state index contributed by atoms with van der Waals surface area (Å²) >= 11 is 0. The molecule has 226 valence electrons. The zero-order chi connectivity index (χ0) is 31.5. The zero-order valence-electron chi connectivity index (χ0n) is 25.5. The summed E-state index contributed by atoms with van der Waals surface area (Å²) in [5.41, 5.74) is 11.7.